The first kappa shape index (κ1) is 24.2. The number of benzene rings is 1. The third kappa shape index (κ3) is 11.7. The summed E-state index contributed by atoms with van der Waals surface area (Å²) in [6.45, 7) is 14.5. The van der Waals surface area contributed by atoms with E-state index < -0.39 is 11.9 Å². The average molecular weight is 364 g/mol. The van der Waals surface area contributed by atoms with Crippen molar-refractivity contribution in [2.75, 3.05) is 11.9 Å². The maximum atomic E-state index is 10.8. The first-order valence-corrected chi connectivity index (χ1v) is 9.75. The first-order chi connectivity index (χ1) is 12.2. The molecule has 4 heteroatoms. The van der Waals surface area contributed by atoms with Gasteiger partial charge in [0.25, 0.3) is 0 Å². The molecule has 0 aliphatic carbocycles. The van der Waals surface area contributed by atoms with Crippen LogP contribution in [0.3, 0.4) is 0 Å². The van der Waals surface area contributed by atoms with Gasteiger partial charge in [-0.25, -0.2) is 0 Å². The highest BCUT2D eigenvalue weighted by atomic mass is 16.6. The minimum Gasteiger partial charge on any atom is -0.393 e. The number of ether oxygens (including phenoxy) is 1. The van der Waals surface area contributed by atoms with E-state index in [1.807, 2.05) is 0 Å². The predicted octanol–water partition coefficient (Wildman–Crippen LogP) is 5.47. The molecule has 0 aliphatic heterocycles. The van der Waals surface area contributed by atoms with E-state index in [9.17, 15) is 9.59 Å². The number of nitrogens with one attached hydrogen (secondary N) is 1. The molecule has 1 rings (SSSR count). The standard InChI is InChI=1S/C14H23N.C8H14O3/c1-4-5-6-13-7-9-14(10-8-13)15-11-12(2)3;1-5(2)7(9)11-8(10)6(3)4/h7-10,12,15H,4-6,11H2,1-3H3;5-6H,1-4H3. The van der Waals surface area contributed by atoms with Crippen LogP contribution in [-0.4, -0.2) is 18.5 Å². The highest BCUT2D eigenvalue weighted by Gasteiger charge is 2.16. The van der Waals surface area contributed by atoms with E-state index in [1.165, 1.54) is 30.5 Å². The van der Waals surface area contributed by atoms with Gasteiger partial charge in [-0.05, 0) is 36.5 Å². The topological polar surface area (TPSA) is 55.4 Å². The van der Waals surface area contributed by atoms with Gasteiger partial charge < -0.3 is 10.1 Å². The zero-order valence-electron chi connectivity index (χ0n) is 17.6. The predicted molar refractivity (Wildman–Crippen MR) is 109 cm³/mol. The lowest BCUT2D eigenvalue weighted by atomic mass is 10.1. The lowest BCUT2D eigenvalue weighted by Crippen LogP contribution is -2.20. The van der Waals surface area contributed by atoms with Gasteiger partial charge in [0.1, 0.15) is 0 Å². The van der Waals surface area contributed by atoms with Crippen LogP contribution in [0.25, 0.3) is 0 Å². The Morgan fingerprint density at radius 2 is 1.42 bits per heavy atom. The average Bonchev–Trinajstić information content (AvgIpc) is 2.59. The van der Waals surface area contributed by atoms with Crippen LogP contribution in [-0.2, 0) is 20.7 Å². The molecule has 0 bridgehead atoms. The molecule has 148 valence electrons. The first-order valence-electron chi connectivity index (χ1n) is 9.75. The molecular formula is C22H37NO3. The fourth-order valence-electron chi connectivity index (χ4n) is 1.83. The number of rotatable bonds is 8. The van der Waals surface area contributed by atoms with Crippen molar-refractivity contribution < 1.29 is 14.3 Å². The van der Waals surface area contributed by atoms with Gasteiger partial charge in [-0.2, -0.15) is 0 Å². The number of carbonyl (C=O) groups excluding carboxylic acids is 2. The van der Waals surface area contributed by atoms with Crippen molar-refractivity contribution in [3.8, 4) is 0 Å². The van der Waals surface area contributed by atoms with E-state index in [1.54, 1.807) is 27.7 Å². The quantitative estimate of drug-likeness (QED) is 0.492. The third-order valence-electron chi connectivity index (χ3n) is 3.63. The van der Waals surface area contributed by atoms with Crippen molar-refractivity contribution in [2.45, 2.75) is 67.7 Å². The monoisotopic (exact) mass is 363 g/mol. The summed E-state index contributed by atoms with van der Waals surface area (Å²) in [5.41, 5.74) is 2.69. The van der Waals surface area contributed by atoms with Crippen molar-refractivity contribution in [2.24, 2.45) is 17.8 Å². The molecule has 0 atom stereocenters. The fraction of sp³-hybridized carbons (Fsp3) is 0.636. The molecule has 0 fully saturated rings. The molecule has 0 amide bonds. The molecule has 1 N–H and O–H groups in total. The smallest absolute Gasteiger partial charge is 0.316 e. The molecule has 26 heavy (non-hydrogen) atoms. The normalized spacial score (nSPS) is 10.5. The van der Waals surface area contributed by atoms with Gasteiger partial charge in [0.2, 0.25) is 0 Å². The van der Waals surface area contributed by atoms with Crippen molar-refractivity contribution in [3.63, 3.8) is 0 Å². The molecule has 0 spiro atoms. The number of anilines is 1. The Labute approximate surface area is 159 Å². The zero-order valence-corrected chi connectivity index (χ0v) is 17.6. The summed E-state index contributed by atoms with van der Waals surface area (Å²) >= 11 is 0. The molecule has 1 aromatic carbocycles. The molecule has 0 saturated heterocycles. The summed E-state index contributed by atoms with van der Waals surface area (Å²) in [6.07, 6.45) is 3.77. The number of hydrogen-bond acceptors (Lipinski definition) is 4. The van der Waals surface area contributed by atoms with E-state index >= 15 is 0 Å². The van der Waals surface area contributed by atoms with Crippen LogP contribution in [0, 0.1) is 17.8 Å². The summed E-state index contributed by atoms with van der Waals surface area (Å²) in [5, 5.41) is 3.43. The van der Waals surface area contributed by atoms with E-state index in [0.29, 0.717) is 5.92 Å². The Hall–Kier alpha value is -1.84. The summed E-state index contributed by atoms with van der Waals surface area (Å²) in [7, 11) is 0. The van der Waals surface area contributed by atoms with Crippen molar-refractivity contribution in [1.82, 2.24) is 0 Å². The second-order valence-electron chi connectivity index (χ2n) is 7.62. The lowest BCUT2D eigenvalue weighted by Gasteiger charge is -2.09. The van der Waals surface area contributed by atoms with Crippen LogP contribution in [0.5, 0.6) is 0 Å². The van der Waals surface area contributed by atoms with Gasteiger partial charge in [0.15, 0.2) is 0 Å². The molecule has 4 nitrogen and oxygen atoms in total. The number of aryl methyl sites for hydroxylation is 1. The molecule has 1 aromatic rings. The Balaban J connectivity index is 0.000000508. The van der Waals surface area contributed by atoms with Crippen molar-refractivity contribution >= 4 is 17.6 Å². The maximum Gasteiger partial charge on any atom is 0.316 e. The Kier molecular flexibility index (Phi) is 12.4. The van der Waals surface area contributed by atoms with Crippen molar-refractivity contribution in [3.05, 3.63) is 29.8 Å². The number of unbranched alkanes of at least 4 members (excludes halogenated alkanes) is 1. The Bertz CT molecular complexity index is 501. The molecule has 0 saturated carbocycles. The fourth-order valence-corrected chi connectivity index (χ4v) is 1.83. The summed E-state index contributed by atoms with van der Waals surface area (Å²) < 4.78 is 4.50. The third-order valence-corrected chi connectivity index (χ3v) is 3.63. The molecular weight excluding hydrogens is 326 g/mol. The van der Waals surface area contributed by atoms with E-state index in [0.717, 1.165) is 6.54 Å². The van der Waals surface area contributed by atoms with E-state index in [4.69, 9.17) is 0 Å². The Morgan fingerprint density at radius 3 is 1.81 bits per heavy atom. The van der Waals surface area contributed by atoms with Crippen LogP contribution < -0.4 is 5.32 Å². The molecule has 0 radical (unpaired) electrons. The summed E-state index contributed by atoms with van der Waals surface area (Å²) in [4.78, 5) is 21.6. The summed E-state index contributed by atoms with van der Waals surface area (Å²) in [5.74, 6) is -0.687. The minimum atomic E-state index is -0.455. The van der Waals surface area contributed by atoms with Crippen LogP contribution in [0.15, 0.2) is 24.3 Å². The van der Waals surface area contributed by atoms with Gasteiger partial charge in [0, 0.05) is 12.2 Å². The van der Waals surface area contributed by atoms with Crippen LogP contribution >= 0.6 is 0 Å². The molecule has 0 unspecified atom stereocenters. The zero-order chi connectivity index (χ0) is 20.1. The summed E-state index contributed by atoms with van der Waals surface area (Å²) in [6, 6.07) is 8.84. The van der Waals surface area contributed by atoms with Gasteiger partial charge >= 0.3 is 11.9 Å². The Morgan fingerprint density at radius 1 is 0.923 bits per heavy atom. The molecule has 0 aliphatic rings. The van der Waals surface area contributed by atoms with Gasteiger partial charge in [-0.15, -0.1) is 0 Å². The van der Waals surface area contributed by atoms with Crippen LogP contribution in [0.2, 0.25) is 0 Å². The minimum absolute atomic E-state index is 0.238. The van der Waals surface area contributed by atoms with E-state index in [2.05, 4.69) is 55.1 Å². The van der Waals surface area contributed by atoms with Crippen LogP contribution in [0.4, 0.5) is 5.69 Å². The lowest BCUT2D eigenvalue weighted by molar-refractivity contribution is -0.164. The molecule has 0 aromatic heterocycles. The van der Waals surface area contributed by atoms with Gasteiger partial charge in [-0.1, -0.05) is 67.0 Å². The SMILES string of the molecule is CC(C)C(=O)OC(=O)C(C)C.CCCCc1ccc(NCC(C)C)cc1. The van der Waals surface area contributed by atoms with Crippen LogP contribution in [0.1, 0.15) is 66.9 Å². The highest BCUT2D eigenvalue weighted by Crippen LogP contribution is 2.12. The number of carbonyl (C=O) groups is 2. The number of esters is 2. The van der Waals surface area contributed by atoms with Gasteiger partial charge in [0.05, 0.1) is 11.8 Å². The maximum absolute atomic E-state index is 10.8. The second-order valence-corrected chi connectivity index (χ2v) is 7.62. The largest absolute Gasteiger partial charge is 0.393 e. The second kappa shape index (κ2) is 13.4. The van der Waals surface area contributed by atoms with E-state index in [-0.39, 0.29) is 11.8 Å². The highest BCUT2D eigenvalue weighted by molar-refractivity contribution is 5.87. The molecule has 0 heterocycles. The van der Waals surface area contributed by atoms with Crippen molar-refractivity contribution in [1.29, 1.82) is 0 Å². The van der Waals surface area contributed by atoms with Gasteiger partial charge in [-0.3, -0.25) is 9.59 Å². The number of hydrogen-bond donors (Lipinski definition) is 1.